The Morgan fingerprint density at radius 3 is 2.82 bits per heavy atom. The summed E-state index contributed by atoms with van der Waals surface area (Å²) >= 11 is 3.35. The van der Waals surface area contributed by atoms with Crippen molar-refractivity contribution in [2.75, 3.05) is 19.0 Å². The van der Waals surface area contributed by atoms with Gasteiger partial charge in [-0.15, -0.1) is 0 Å². The number of hydrogen-bond acceptors (Lipinski definition) is 3. The molecule has 0 atom stereocenters. The Hall–Kier alpha value is -1.07. The number of carbonyl (C=O) groups excluding carboxylic acids is 1. The molecule has 0 fully saturated rings. The molecule has 1 aromatic rings. The Labute approximate surface area is 109 Å². The van der Waals surface area contributed by atoms with E-state index >= 15 is 0 Å². The number of nitrogens with one attached hydrogen (secondary N) is 1. The topological polar surface area (TPSA) is 58.6 Å². The Bertz CT molecular complexity index is 382. The quantitative estimate of drug-likeness (QED) is 0.794. The lowest BCUT2D eigenvalue weighted by Crippen LogP contribution is -2.11. The first kappa shape index (κ1) is 14.0. The van der Waals surface area contributed by atoms with E-state index in [1.165, 1.54) is 0 Å². The molecule has 5 heteroatoms. The third-order valence-electron chi connectivity index (χ3n) is 2.25. The van der Waals surface area contributed by atoms with Gasteiger partial charge >= 0.3 is 0 Å². The summed E-state index contributed by atoms with van der Waals surface area (Å²) in [6.45, 7) is 0.126. The second-order valence-corrected chi connectivity index (χ2v) is 4.43. The fourth-order valence-corrected chi connectivity index (χ4v) is 1.91. The lowest BCUT2D eigenvalue weighted by molar-refractivity contribution is -0.116. The first-order valence-corrected chi connectivity index (χ1v) is 6.21. The van der Waals surface area contributed by atoms with Crippen LogP contribution in [0.3, 0.4) is 0 Å². The Kier molecular flexibility index (Phi) is 6.00. The fraction of sp³-hybridized carbons (Fsp3) is 0.417. The van der Waals surface area contributed by atoms with E-state index in [1.807, 2.05) is 0 Å². The second-order valence-electron chi connectivity index (χ2n) is 3.58. The minimum absolute atomic E-state index is 0.0458. The van der Waals surface area contributed by atoms with Crippen LogP contribution in [0.2, 0.25) is 0 Å². The van der Waals surface area contributed by atoms with E-state index in [0.717, 1.165) is 15.9 Å². The summed E-state index contributed by atoms with van der Waals surface area (Å²) in [4.78, 5) is 11.5. The molecular formula is C12H16BrNO3. The minimum atomic E-state index is -0.0458. The van der Waals surface area contributed by atoms with Gasteiger partial charge in [0.1, 0.15) is 5.75 Å². The summed E-state index contributed by atoms with van der Waals surface area (Å²) in [6, 6.07) is 5.36. The van der Waals surface area contributed by atoms with E-state index in [9.17, 15) is 4.79 Å². The second kappa shape index (κ2) is 7.29. The molecule has 0 aromatic heterocycles. The van der Waals surface area contributed by atoms with E-state index in [2.05, 4.69) is 21.2 Å². The van der Waals surface area contributed by atoms with Crippen molar-refractivity contribution in [2.24, 2.45) is 0 Å². The van der Waals surface area contributed by atoms with Gasteiger partial charge in [0, 0.05) is 18.7 Å². The number of unbranched alkanes of at least 4 members (excludes halogenated alkanes) is 1. The highest BCUT2D eigenvalue weighted by Crippen LogP contribution is 2.27. The predicted octanol–water partition coefficient (Wildman–Crippen LogP) is 2.56. The summed E-state index contributed by atoms with van der Waals surface area (Å²) in [5, 5.41) is 11.4. The predicted molar refractivity (Wildman–Crippen MR) is 70.3 cm³/mol. The molecule has 0 heterocycles. The molecule has 0 unspecified atom stereocenters. The van der Waals surface area contributed by atoms with Crippen molar-refractivity contribution in [1.29, 1.82) is 0 Å². The van der Waals surface area contributed by atoms with Crippen molar-refractivity contribution in [3.05, 3.63) is 22.7 Å². The van der Waals surface area contributed by atoms with Gasteiger partial charge < -0.3 is 15.2 Å². The van der Waals surface area contributed by atoms with E-state index in [0.29, 0.717) is 19.3 Å². The minimum Gasteiger partial charge on any atom is -0.496 e. The number of benzene rings is 1. The van der Waals surface area contributed by atoms with Crippen LogP contribution in [0, 0.1) is 0 Å². The zero-order valence-corrected chi connectivity index (χ0v) is 11.3. The van der Waals surface area contributed by atoms with Crippen molar-refractivity contribution < 1.29 is 14.6 Å². The molecule has 0 aliphatic rings. The lowest BCUT2D eigenvalue weighted by atomic mass is 10.2. The smallest absolute Gasteiger partial charge is 0.224 e. The number of hydrogen-bond donors (Lipinski definition) is 2. The van der Waals surface area contributed by atoms with E-state index in [1.54, 1.807) is 25.3 Å². The van der Waals surface area contributed by atoms with Crippen LogP contribution in [-0.2, 0) is 4.79 Å². The molecule has 17 heavy (non-hydrogen) atoms. The molecular weight excluding hydrogens is 286 g/mol. The van der Waals surface area contributed by atoms with Gasteiger partial charge in [-0.2, -0.15) is 0 Å². The number of halogens is 1. The standard InChI is InChI=1S/C12H16BrNO3/c1-17-11-6-5-9(8-10(11)13)14-12(16)4-2-3-7-15/h5-6,8,15H,2-4,7H2,1H3,(H,14,16). The Morgan fingerprint density at radius 1 is 1.47 bits per heavy atom. The monoisotopic (exact) mass is 301 g/mol. The lowest BCUT2D eigenvalue weighted by Gasteiger charge is -2.08. The average Bonchev–Trinajstić information content (AvgIpc) is 2.29. The molecule has 0 aliphatic carbocycles. The van der Waals surface area contributed by atoms with Crippen LogP contribution < -0.4 is 10.1 Å². The van der Waals surface area contributed by atoms with Crippen LogP contribution in [0.15, 0.2) is 22.7 Å². The molecule has 1 aromatic carbocycles. The maximum atomic E-state index is 11.5. The average molecular weight is 302 g/mol. The number of carbonyl (C=O) groups is 1. The summed E-state index contributed by atoms with van der Waals surface area (Å²) in [6.07, 6.45) is 1.77. The zero-order chi connectivity index (χ0) is 12.7. The van der Waals surface area contributed by atoms with Crippen LogP contribution in [0.4, 0.5) is 5.69 Å². The molecule has 0 saturated carbocycles. The highest BCUT2D eigenvalue weighted by molar-refractivity contribution is 9.10. The van der Waals surface area contributed by atoms with Gasteiger partial charge in [-0.25, -0.2) is 0 Å². The van der Waals surface area contributed by atoms with Gasteiger partial charge in [-0.1, -0.05) is 0 Å². The number of amides is 1. The number of methoxy groups -OCH3 is 1. The van der Waals surface area contributed by atoms with Gasteiger partial charge in [0.2, 0.25) is 5.91 Å². The Morgan fingerprint density at radius 2 is 2.24 bits per heavy atom. The summed E-state index contributed by atoms with van der Waals surface area (Å²) < 4.78 is 5.90. The number of rotatable bonds is 6. The maximum Gasteiger partial charge on any atom is 0.224 e. The molecule has 0 saturated heterocycles. The highest BCUT2D eigenvalue weighted by Gasteiger charge is 2.05. The molecule has 1 amide bonds. The van der Waals surface area contributed by atoms with Crippen LogP contribution >= 0.6 is 15.9 Å². The Balaban J connectivity index is 2.51. The van der Waals surface area contributed by atoms with Crippen molar-refractivity contribution in [1.82, 2.24) is 0 Å². The molecule has 0 radical (unpaired) electrons. The van der Waals surface area contributed by atoms with Crippen molar-refractivity contribution in [2.45, 2.75) is 19.3 Å². The van der Waals surface area contributed by atoms with E-state index in [-0.39, 0.29) is 12.5 Å². The van der Waals surface area contributed by atoms with E-state index in [4.69, 9.17) is 9.84 Å². The van der Waals surface area contributed by atoms with E-state index < -0.39 is 0 Å². The maximum absolute atomic E-state index is 11.5. The molecule has 2 N–H and O–H groups in total. The number of ether oxygens (including phenoxy) is 1. The normalized spacial score (nSPS) is 10.1. The summed E-state index contributed by atoms with van der Waals surface area (Å²) in [7, 11) is 1.59. The zero-order valence-electron chi connectivity index (χ0n) is 9.70. The van der Waals surface area contributed by atoms with Crippen LogP contribution in [0.5, 0.6) is 5.75 Å². The third-order valence-corrected chi connectivity index (χ3v) is 2.87. The number of aliphatic hydroxyl groups excluding tert-OH is 1. The van der Waals surface area contributed by atoms with Crippen LogP contribution in [0.1, 0.15) is 19.3 Å². The first-order valence-electron chi connectivity index (χ1n) is 5.41. The number of anilines is 1. The van der Waals surface area contributed by atoms with Crippen molar-refractivity contribution >= 4 is 27.5 Å². The van der Waals surface area contributed by atoms with Crippen LogP contribution in [0.25, 0.3) is 0 Å². The molecule has 4 nitrogen and oxygen atoms in total. The first-order chi connectivity index (χ1) is 8.17. The highest BCUT2D eigenvalue weighted by atomic mass is 79.9. The van der Waals surface area contributed by atoms with Crippen molar-refractivity contribution in [3.63, 3.8) is 0 Å². The SMILES string of the molecule is COc1ccc(NC(=O)CCCCO)cc1Br. The summed E-state index contributed by atoms with van der Waals surface area (Å²) in [5.74, 6) is 0.679. The fourth-order valence-electron chi connectivity index (χ4n) is 1.36. The van der Waals surface area contributed by atoms with Crippen molar-refractivity contribution in [3.8, 4) is 5.75 Å². The van der Waals surface area contributed by atoms with Crippen LogP contribution in [-0.4, -0.2) is 24.7 Å². The molecule has 94 valence electrons. The largest absolute Gasteiger partial charge is 0.496 e. The van der Waals surface area contributed by atoms with Gasteiger partial charge in [-0.05, 0) is 47.0 Å². The molecule has 0 aliphatic heterocycles. The number of aliphatic hydroxyl groups is 1. The molecule has 1 rings (SSSR count). The summed E-state index contributed by atoms with van der Waals surface area (Å²) in [5.41, 5.74) is 0.728. The van der Waals surface area contributed by atoms with Gasteiger partial charge in [0.25, 0.3) is 0 Å². The van der Waals surface area contributed by atoms with Gasteiger partial charge in [0.05, 0.1) is 11.6 Å². The van der Waals surface area contributed by atoms with Gasteiger partial charge in [0.15, 0.2) is 0 Å². The third kappa shape index (κ3) is 4.75. The molecule has 0 bridgehead atoms. The van der Waals surface area contributed by atoms with Gasteiger partial charge in [-0.3, -0.25) is 4.79 Å². The molecule has 0 spiro atoms.